The summed E-state index contributed by atoms with van der Waals surface area (Å²) >= 11 is 0. The molecule has 0 aromatic heterocycles. The molecule has 0 spiro atoms. The quantitative estimate of drug-likeness (QED) is 0.799. The number of hydrogen-bond acceptors (Lipinski definition) is 4. The van der Waals surface area contributed by atoms with E-state index in [-0.39, 0.29) is 17.7 Å². The lowest BCUT2D eigenvalue weighted by Gasteiger charge is -2.28. The highest BCUT2D eigenvalue weighted by molar-refractivity contribution is 5.35. The molecule has 0 radical (unpaired) electrons. The van der Waals surface area contributed by atoms with Gasteiger partial charge in [0.2, 0.25) is 0 Å². The fraction of sp³-hybridized carbons (Fsp3) is 0.647. The number of benzene rings is 1. The Morgan fingerprint density at radius 1 is 1.14 bits per heavy atom. The fourth-order valence-corrected chi connectivity index (χ4v) is 2.12. The summed E-state index contributed by atoms with van der Waals surface area (Å²) in [4.78, 5) is 0. The third-order valence-electron chi connectivity index (χ3n) is 3.10. The van der Waals surface area contributed by atoms with Gasteiger partial charge in [-0.3, -0.25) is 0 Å². The number of hydrogen-bond donors (Lipinski definition) is 1. The second-order valence-electron chi connectivity index (χ2n) is 6.26. The zero-order valence-electron chi connectivity index (χ0n) is 14.1. The first-order valence-corrected chi connectivity index (χ1v) is 7.39. The van der Waals surface area contributed by atoms with Gasteiger partial charge >= 0.3 is 0 Å². The van der Waals surface area contributed by atoms with Gasteiger partial charge in [0.1, 0.15) is 5.75 Å². The molecule has 0 bridgehead atoms. The molecule has 1 aromatic carbocycles. The molecule has 1 aromatic rings. The van der Waals surface area contributed by atoms with Crippen molar-refractivity contribution in [2.75, 3.05) is 27.4 Å². The largest absolute Gasteiger partial charge is 0.496 e. The van der Waals surface area contributed by atoms with Crippen LogP contribution in [0.25, 0.3) is 0 Å². The SMILES string of the molecule is COCC(C)OC(CNC(C)(C)C)c1ccccc1OC. The summed E-state index contributed by atoms with van der Waals surface area (Å²) in [5.41, 5.74) is 1.09. The van der Waals surface area contributed by atoms with Crippen LogP contribution in [0.4, 0.5) is 0 Å². The summed E-state index contributed by atoms with van der Waals surface area (Å²) in [6, 6.07) is 7.98. The Bertz CT molecular complexity index is 415. The van der Waals surface area contributed by atoms with Crippen LogP contribution in [0.2, 0.25) is 0 Å². The molecule has 2 unspecified atom stereocenters. The zero-order valence-corrected chi connectivity index (χ0v) is 14.1. The van der Waals surface area contributed by atoms with Gasteiger partial charge in [-0.05, 0) is 33.8 Å². The summed E-state index contributed by atoms with van der Waals surface area (Å²) < 4.78 is 16.8. The third kappa shape index (κ3) is 6.46. The van der Waals surface area contributed by atoms with E-state index < -0.39 is 0 Å². The predicted molar refractivity (Wildman–Crippen MR) is 85.9 cm³/mol. The van der Waals surface area contributed by atoms with Gasteiger partial charge in [-0.15, -0.1) is 0 Å². The Morgan fingerprint density at radius 3 is 2.38 bits per heavy atom. The second kappa shape index (κ2) is 8.37. The standard InChI is InChI=1S/C17H29NO3/c1-13(12-19-5)21-16(11-18-17(2,3)4)14-9-7-8-10-15(14)20-6/h7-10,13,16,18H,11-12H2,1-6H3. The molecule has 0 amide bonds. The van der Waals surface area contributed by atoms with Gasteiger partial charge in [0.15, 0.2) is 0 Å². The molecule has 4 nitrogen and oxygen atoms in total. The van der Waals surface area contributed by atoms with Gasteiger partial charge in [0.25, 0.3) is 0 Å². The highest BCUT2D eigenvalue weighted by Gasteiger charge is 2.21. The van der Waals surface area contributed by atoms with Gasteiger partial charge in [-0.25, -0.2) is 0 Å². The summed E-state index contributed by atoms with van der Waals surface area (Å²) in [7, 11) is 3.37. The Balaban J connectivity index is 2.89. The van der Waals surface area contributed by atoms with Crippen LogP contribution in [0.3, 0.4) is 0 Å². The van der Waals surface area contributed by atoms with Crippen LogP contribution in [0.1, 0.15) is 39.4 Å². The van der Waals surface area contributed by atoms with E-state index in [9.17, 15) is 0 Å². The average Bonchev–Trinajstić information content (AvgIpc) is 2.42. The maximum Gasteiger partial charge on any atom is 0.124 e. The minimum absolute atomic E-state index is 0.0201. The Kier molecular flexibility index (Phi) is 7.15. The summed E-state index contributed by atoms with van der Waals surface area (Å²) in [6.07, 6.45) is -0.0581. The van der Waals surface area contributed by atoms with Crippen LogP contribution in [0.15, 0.2) is 24.3 Å². The number of methoxy groups -OCH3 is 2. The topological polar surface area (TPSA) is 39.7 Å². The Labute approximate surface area is 128 Å². The van der Waals surface area contributed by atoms with Crippen molar-refractivity contribution in [2.24, 2.45) is 0 Å². The van der Waals surface area contributed by atoms with Crippen molar-refractivity contribution in [3.63, 3.8) is 0 Å². The maximum atomic E-state index is 6.15. The van der Waals surface area contributed by atoms with E-state index in [1.54, 1.807) is 14.2 Å². The van der Waals surface area contributed by atoms with E-state index in [1.165, 1.54) is 0 Å². The molecule has 21 heavy (non-hydrogen) atoms. The molecule has 120 valence electrons. The van der Waals surface area contributed by atoms with Crippen molar-refractivity contribution < 1.29 is 14.2 Å². The van der Waals surface area contributed by atoms with E-state index in [2.05, 4.69) is 26.1 Å². The van der Waals surface area contributed by atoms with Crippen molar-refractivity contribution >= 4 is 0 Å². The molecular formula is C17H29NO3. The van der Waals surface area contributed by atoms with Crippen molar-refractivity contribution in [1.82, 2.24) is 5.32 Å². The Hall–Kier alpha value is -1.10. The minimum atomic E-state index is -0.0782. The van der Waals surface area contributed by atoms with Crippen LogP contribution in [-0.4, -0.2) is 39.0 Å². The molecule has 0 aliphatic heterocycles. The monoisotopic (exact) mass is 295 g/mol. The van der Waals surface area contributed by atoms with Crippen molar-refractivity contribution in [1.29, 1.82) is 0 Å². The summed E-state index contributed by atoms with van der Waals surface area (Å²) in [5, 5.41) is 3.50. The number of ether oxygens (including phenoxy) is 3. The van der Waals surface area contributed by atoms with E-state index in [0.717, 1.165) is 17.9 Å². The molecule has 4 heteroatoms. The molecule has 2 atom stereocenters. The maximum absolute atomic E-state index is 6.15. The smallest absolute Gasteiger partial charge is 0.124 e. The lowest BCUT2D eigenvalue weighted by molar-refractivity contribution is -0.0419. The average molecular weight is 295 g/mol. The highest BCUT2D eigenvalue weighted by Crippen LogP contribution is 2.28. The number of nitrogens with one attached hydrogen (secondary N) is 1. The zero-order chi connectivity index (χ0) is 15.9. The van der Waals surface area contributed by atoms with Gasteiger partial charge in [0, 0.05) is 24.8 Å². The van der Waals surface area contributed by atoms with Crippen LogP contribution in [0.5, 0.6) is 5.75 Å². The molecule has 0 saturated heterocycles. The predicted octanol–water partition coefficient (Wildman–Crippen LogP) is 3.18. The minimum Gasteiger partial charge on any atom is -0.496 e. The molecule has 0 fully saturated rings. The first-order chi connectivity index (χ1) is 9.87. The van der Waals surface area contributed by atoms with Gasteiger partial charge < -0.3 is 19.5 Å². The van der Waals surface area contributed by atoms with Gasteiger partial charge in [-0.2, -0.15) is 0 Å². The molecule has 0 heterocycles. The van der Waals surface area contributed by atoms with Crippen LogP contribution < -0.4 is 10.1 Å². The van der Waals surface area contributed by atoms with E-state index in [1.807, 2.05) is 31.2 Å². The molecular weight excluding hydrogens is 266 g/mol. The van der Waals surface area contributed by atoms with Crippen molar-refractivity contribution in [2.45, 2.75) is 45.4 Å². The summed E-state index contributed by atoms with van der Waals surface area (Å²) in [5.74, 6) is 0.850. The fourth-order valence-electron chi connectivity index (χ4n) is 2.12. The van der Waals surface area contributed by atoms with Gasteiger partial charge in [0.05, 0.1) is 25.9 Å². The van der Waals surface area contributed by atoms with Crippen LogP contribution in [-0.2, 0) is 9.47 Å². The Morgan fingerprint density at radius 2 is 1.81 bits per heavy atom. The molecule has 0 saturated carbocycles. The van der Waals surface area contributed by atoms with E-state index >= 15 is 0 Å². The van der Waals surface area contributed by atoms with E-state index in [4.69, 9.17) is 14.2 Å². The second-order valence-corrected chi connectivity index (χ2v) is 6.26. The summed E-state index contributed by atoms with van der Waals surface area (Å²) in [6.45, 7) is 9.74. The van der Waals surface area contributed by atoms with Gasteiger partial charge in [-0.1, -0.05) is 18.2 Å². The lowest BCUT2D eigenvalue weighted by atomic mass is 10.0. The highest BCUT2D eigenvalue weighted by atomic mass is 16.5. The van der Waals surface area contributed by atoms with Crippen LogP contribution >= 0.6 is 0 Å². The van der Waals surface area contributed by atoms with Crippen molar-refractivity contribution in [3.05, 3.63) is 29.8 Å². The first-order valence-electron chi connectivity index (χ1n) is 7.39. The first kappa shape index (κ1) is 18.0. The number of rotatable bonds is 8. The van der Waals surface area contributed by atoms with E-state index in [0.29, 0.717) is 6.61 Å². The normalized spacial score (nSPS) is 14.8. The lowest BCUT2D eigenvalue weighted by Crippen LogP contribution is -2.40. The molecule has 1 N–H and O–H groups in total. The number of para-hydroxylation sites is 1. The molecule has 1 rings (SSSR count). The molecule has 0 aliphatic carbocycles. The molecule has 0 aliphatic rings. The van der Waals surface area contributed by atoms with Crippen LogP contribution in [0, 0.1) is 0 Å². The third-order valence-corrected chi connectivity index (χ3v) is 3.10. The van der Waals surface area contributed by atoms with Crippen molar-refractivity contribution in [3.8, 4) is 5.75 Å².